The molecule has 1 amide bonds. The molecule has 5 nitrogen and oxygen atoms in total. The van der Waals surface area contributed by atoms with E-state index in [1.165, 1.54) is 0 Å². The van der Waals surface area contributed by atoms with Crippen molar-refractivity contribution >= 4 is 17.5 Å². The number of ether oxygens (including phenoxy) is 1. The van der Waals surface area contributed by atoms with Crippen LogP contribution in [-0.4, -0.2) is 47.1 Å². The Hall–Kier alpha value is -2.76. The molecule has 0 unspecified atom stereocenters. The second-order valence-corrected chi connectivity index (χ2v) is 9.24. The highest BCUT2D eigenvalue weighted by molar-refractivity contribution is 6.33. The molecule has 1 aromatic carbocycles. The highest BCUT2D eigenvalue weighted by atomic mass is 35.5. The highest BCUT2D eigenvalue weighted by Crippen LogP contribution is 2.33. The zero-order valence-electron chi connectivity index (χ0n) is 18.1. The van der Waals surface area contributed by atoms with Crippen molar-refractivity contribution in [3.8, 4) is 22.3 Å². The SMILES string of the molecule is CC1CCN(C(=O)c2ccc(-c3cncc(-c4ccnc(C5COC5)c4)c3)c(Cl)c2)CC1. The van der Waals surface area contributed by atoms with Gasteiger partial charge in [0.15, 0.2) is 0 Å². The Bertz CT molecular complexity index is 1140. The molecule has 3 aromatic rings. The third kappa shape index (κ3) is 4.27. The first-order valence-corrected chi connectivity index (χ1v) is 11.5. The molecule has 2 fully saturated rings. The fourth-order valence-corrected chi connectivity index (χ4v) is 4.57. The molecule has 0 bridgehead atoms. The quantitative estimate of drug-likeness (QED) is 0.533. The number of carbonyl (C=O) groups is 1. The number of pyridine rings is 2. The Balaban J connectivity index is 1.39. The molecule has 0 atom stereocenters. The van der Waals surface area contributed by atoms with Crippen molar-refractivity contribution in [3.05, 3.63) is 71.3 Å². The summed E-state index contributed by atoms with van der Waals surface area (Å²) < 4.78 is 5.30. The lowest BCUT2D eigenvalue weighted by Crippen LogP contribution is -2.37. The Kier molecular flexibility index (Phi) is 5.94. The minimum Gasteiger partial charge on any atom is -0.380 e. The van der Waals surface area contributed by atoms with Crippen molar-refractivity contribution in [3.63, 3.8) is 0 Å². The van der Waals surface area contributed by atoms with Crippen molar-refractivity contribution in [2.75, 3.05) is 26.3 Å². The number of hydrogen-bond donors (Lipinski definition) is 0. The Morgan fingerprint density at radius 3 is 2.53 bits per heavy atom. The van der Waals surface area contributed by atoms with E-state index in [4.69, 9.17) is 16.3 Å². The number of nitrogens with zero attached hydrogens (tertiary/aromatic N) is 3. The van der Waals surface area contributed by atoms with E-state index < -0.39 is 0 Å². The molecule has 0 aliphatic carbocycles. The maximum Gasteiger partial charge on any atom is 0.253 e. The summed E-state index contributed by atoms with van der Waals surface area (Å²) in [5, 5.41) is 0.558. The summed E-state index contributed by atoms with van der Waals surface area (Å²) in [6, 6.07) is 11.8. The van der Waals surface area contributed by atoms with Crippen molar-refractivity contribution in [1.29, 1.82) is 0 Å². The number of piperidine rings is 1. The predicted octanol–water partition coefficient (Wildman–Crippen LogP) is 5.45. The van der Waals surface area contributed by atoms with Gasteiger partial charge >= 0.3 is 0 Å². The summed E-state index contributed by atoms with van der Waals surface area (Å²) in [6.45, 7) is 5.32. The summed E-state index contributed by atoms with van der Waals surface area (Å²) in [6.07, 6.45) is 7.61. The topological polar surface area (TPSA) is 55.3 Å². The van der Waals surface area contributed by atoms with Gasteiger partial charge in [0, 0.05) is 70.6 Å². The molecule has 2 aromatic heterocycles. The van der Waals surface area contributed by atoms with E-state index in [0.717, 1.165) is 67.1 Å². The van der Waals surface area contributed by atoms with Gasteiger partial charge in [0.2, 0.25) is 0 Å². The van der Waals surface area contributed by atoms with Crippen molar-refractivity contribution in [1.82, 2.24) is 14.9 Å². The van der Waals surface area contributed by atoms with E-state index in [-0.39, 0.29) is 5.91 Å². The van der Waals surface area contributed by atoms with Crippen LogP contribution in [0.1, 0.15) is 41.7 Å². The average molecular weight is 448 g/mol. The number of aromatic nitrogens is 2. The lowest BCUT2D eigenvalue weighted by molar-refractivity contribution is 0.00674. The molecule has 4 heterocycles. The zero-order chi connectivity index (χ0) is 22.1. The van der Waals surface area contributed by atoms with Crippen LogP contribution in [0, 0.1) is 5.92 Å². The molecule has 164 valence electrons. The van der Waals surface area contributed by atoms with Gasteiger partial charge in [-0.3, -0.25) is 14.8 Å². The summed E-state index contributed by atoms with van der Waals surface area (Å²) in [5.74, 6) is 1.11. The van der Waals surface area contributed by atoms with Gasteiger partial charge in [-0.15, -0.1) is 0 Å². The molecular weight excluding hydrogens is 422 g/mol. The molecule has 6 heteroatoms. The van der Waals surface area contributed by atoms with Crippen LogP contribution in [-0.2, 0) is 4.74 Å². The first-order valence-electron chi connectivity index (χ1n) is 11.2. The lowest BCUT2D eigenvalue weighted by Gasteiger charge is -2.30. The van der Waals surface area contributed by atoms with Crippen LogP contribution < -0.4 is 0 Å². The number of likely N-dealkylation sites (tertiary alicyclic amines) is 1. The second kappa shape index (κ2) is 9.00. The van der Waals surface area contributed by atoms with E-state index in [1.54, 1.807) is 12.3 Å². The van der Waals surface area contributed by atoms with Gasteiger partial charge in [0.25, 0.3) is 5.91 Å². The van der Waals surface area contributed by atoms with E-state index in [9.17, 15) is 4.79 Å². The van der Waals surface area contributed by atoms with Gasteiger partial charge < -0.3 is 9.64 Å². The monoisotopic (exact) mass is 447 g/mol. The number of benzene rings is 1. The fraction of sp³-hybridized carbons (Fsp3) is 0.346. The van der Waals surface area contributed by atoms with E-state index in [2.05, 4.69) is 29.0 Å². The minimum atomic E-state index is 0.0570. The normalized spacial score (nSPS) is 17.2. The minimum absolute atomic E-state index is 0.0570. The summed E-state index contributed by atoms with van der Waals surface area (Å²) in [4.78, 5) is 23.8. The van der Waals surface area contributed by atoms with Crippen molar-refractivity contribution < 1.29 is 9.53 Å². The van der Waals surface area contributed by atoms with Gasteiger partial charge in [-0.25, -0.2) is 0 Å². The summed E-state index contributed by atoms with van der Waals surface area (Å²) in [7, 11) is 0. The third-order valence-electron chi connectivity index (χ3n) is 6.51. The van der Waals surface area contributed by atoms with Crippen molar-refractivity contribution in [2.45, 2.75) is 25.7 Å². The van der Waals surface area contributed by atoms with Crippen molar-refractivity contribution in [2.24, 2.45) is 5.92 Å². The van der Waals surface area contributed by atoms with Gasteiger partial charge in [0.1, 0.15) is 0 Å². The molecule has 5 rings (SSSR count). The van der Waals surface area contributed by atoms with Crippen LogP contribution in [0.25, 0.3) is 22.3 Å². The Morgan fingerprint density at radius 2 is 1.81 bits per heavy atom. The van der Waals surface area contributed by atoms with Gasteiger partial charge in [-0.1, -0.05) is 24.6 Å². The largest absolute Gasteiger partial charge is 0.380 e. The second-order valence-electron chi connectivity index (χ2n) is 8.84. The van der Waals surface area contributed by atoms with Crippen LogP contribution in [0.15, 0.2) is 55.0 Å². The molecular formula is C26H26ClN3O2. The van der Waals surface area contributed by atoms with Crippen LogP contribution in [0.3, 0.4) is 0 Å². The number of amides is 1. The van der Waals surface area contributed by atoms with Gasteiger partial charge in [-0.05, 0) is 54.7 Å². The third-order valence-corrected chi connectivity index (χ3v) is 6.82. The Labute approximate surface area is 193 Å². The molecule has 0 saturated carbocycles. The number of hydrogen-bond acceptors (Lipinski definition) is 4. The summed E-state index contributed by atoms with van der Waals surface area (Å²) in [5.41, 5.74) is 5.55. The summed E-state index contributed by atoms with van der Waals surface area (Å²) >= 11 is 6.64. The maximum absolute atomic E-state index is 12.9. The first-order chi connectivity index (χ1) is 15.6. The van der Waals surface area contributed by atoms with Crippen LogP contribution in [0.2, 0.25) is 5.02 Å². The Morgan fingerprint density at radius 1 is 1.03 bits per heavy atom. The van der Waals surface area contributed by atoms with Crippen LogP contribution in [0.5, 0.6) is 0 Å². The number of carbonyl (C=O) groups excluding carboxylic acids is 1. The maximum atomic E-state index is 12.9. The van der Waals surface area contributed by atoms with Gasteiger partial charge in [0.05, 0.1) is 13.2 Å². The standard InChI is InChI=1S/C26H26ClN3O2/c1-17-5-8-30(9-6-17)26(31)19-2-3-23(24(27)11-19)21-10-20(13-28-14-21)18-4-7-29-25(12-18)22-15-32-16-22/h2-4,7,10-14,17,22H,5-6,8-9,15-16H2,1H3. The first kappa shape index (κ1) is 21.1. The molecule has 2 aliphatic heterocycles. The molecule has 0 spiro atoms. The molecule has 2 aliphatic rings. The molecule has 2 saturated heterocycles. The van der Waals surface area contributed by atoms with E-state index in [0.29, 0.717) is 22.4 Å². The van der Waals surface area contributed by atoms with Crippen LogP contribution >= 0.6 is 11.6 Å². The lowest BCUT2D eigenvalue weighted by atomic mass is 9.97. The average Bonchev–Trinajstić information content (AvgIpc) is 2.78. The zero-order valence-corrected chi connectivity index (χ0v) is 18.9. The smallest absolute Gasteiger partial charge is 0.253 e. The van der Waals surface area contributed by atoms with E-state index in [1.807, 2.05) is 35.5 Å². The number of rotatable bonds is 4. The molecule has 32 heavy (non-hydrogen) atoms. The molecule has 0 N–H and O–H groups in total. The van der Waals surface area contributed by atoms with E-state index >= 15 is 0 Å². The fourth-order valence-electron chi connectivity index (χ4n) is 4.28. The number of halogens is 1. The van der Waals surface area contributed by atoms with Crippen LogP contribution in [0.4, 0.5) is 0 Å². The predicted molar refractivity (Wildman–Crippen MR) is 126 cm³/mol. The molecule has 0 radical (unpaired) electrons. The highest BCUT2D eigenvalue weighted by Gasteiger charge is 2.23. The van der Waals surface area contributed by atoms with Gasteiger partial charge in [-0.2, -0.15) is 0 Å².